The molecule has 0 atom stereocenters. The monoisotopic (exact) mass is 338 g/mol. The second-order valence-corrected chi connectivity index (χ2v) is 5.31. The van der Waals surface area contributed by atoms with Gasteiger partial charge < -0.3 is 24.5 Å². The number of nitrogens with two attached hydrogens (primary N) is 1. The molecule has 0 unspecified atom stereocenters. The van der Waals surface area contributed by atoms with Crippen molar-refractivity contribution in [1.29, 1.82) is 0 Å². The van der Waals surface area contributed by atoms with Gasteiger partial charge in [0.05, 0.1) is 26.2 Å². The van der Waals surface area contributed by atoms with Crippen LogP contribution >= 0.6 is 0 Å². The van der Waals surface area contributed by atoms with E-state index in [9.17, 15) is 13.6 Å². The van der Waals surface area contributed by atoms with Gasteiger partial charge in [-0.15, -0.1) is 0 Å². The second kappa shape index (κ2) is 6.03. The summed E-state index contributed by atoms with van der Waals surface area (Å²) in [4.78, 5) is 12.9. The van der Waals surface area contributed by atoms with Crippen molar-refractivity contribution in [3.8, 4) is 11.5 Å². The number of ether oxygens (including phenoxy) is 2. The quantitative estimate of drug-likeness (QED) is 0.907. The molecule has 8 heteroatoms. The van der Waals surface area contributed by atoms with Crippen LogP contribution < -0.4 is 15.2 Å². The van der Waals surface area contributed by atoms with Gasteiger partial charge in [-0.25, -0.2) is 8.78 Å². The molecule has 24 heavy (non-hydrogen) atoms. The van der Waals surface area contributed by atoms with E-state index in [0.29, 0.717) is 33.6 Å². The minimum Gasteiger partial charge on any atom is -0.496 e. The number of fused-ring (bicyclic) bond motifs is 2. The van der Waals surface area contributed by atoms with Crippen LogP contribution in [0.5, 0.6) is 11.5 Å². The molecular weight excluding hydrogens is 322 g/mol. The Balaban J connectivity index is 2.23. The van der Waals surface area contributed by atoms with Crippen LogP contribution in [-0.4, -0.2) is 38.0 Å². The SMILES string of the molecule is COc1c2c(c(OC)c3oc(C(N)=O)cc13)C=CN(CC(F)F)C2. The number of amides is 1. The number of benzene rings is 1. The summed E-state index contributed by atoms with van der Waals surface area (Å²) in [6.07, 6.45) is 0.775. The average Bonchev–Trinajstić information content (AvgIpc) is 2.96. The number of hydrogen-bond acceptors (Lipinski definition) is 5. The highest BCUT2D eigenvalue weighted by molar-refractivity contribution is 6.01. The van der Waals surface area contributed by atoms with Crippen LogP contribution in [0.3, 0.4) is 0 Å². The Hall–Kier alpha value is -2.77. The Labute approximate surface area is 136 Å². The molecule has 2 N–H and O–H groups in total. The van der Waals surface area contributed by atoms with E-state index in [4.69, 9.17) is 19.6 Å². The van der Waals surface area contributed by atoms with Crippen molar-refractivity contribution in [2.45, 2.75) is 13.0 Å². The number of carbonyl (C=O) groups excluding carboxylic acids is 1. The first kappa shape index (κ1) is 16.1. The number of methoxy groups -OCH3 is 2. The fourth-order valence-electron chi connectivity index (χ4n) is 2.90. The number of hydrogen-bond donors (Lipinski definition) is 1. The first-order valence-corrected chi connectivity index (χ1v) is 7.16. The molecule has 1 aromatic heterocycles. The Bertz CT molecular complexity index is 829. The highest BCUT2D eigenvalue weighted by Gasteiger charge is 2.27. The standard InChI is InChI=1S/C16H16F2N2O4/c1-22-13-9-5-11(16(19)21)24-15(9)14(23-2)8-3-4-20(6-10(8)13)7-12(17)18/h3-5,12H,6-7H2,1-2H3,(H2,19,21). The Morgan fingerprint density at radius 1 is 1.38 bits per heavy atom. The highest BCUT2D eigenvalue weighted by Crippen LogP contribution is 2.44. The third-order valence-corrected chi connectivity index (χ3v) is 3.86. The zero-order valence-electron chi connectivity index (χ0n) is 13.1. The summed E-state index contributed by atoms with van der Waals surface area (Å²) in [6, 6.07) is 1.47. The zero-order chi connectivity index (χ0) is 17.4. The maximum Gasteiger partial charge on any atom is 0.284 e. The molecule has 0 fully saturated rings. The molecule has 3 rings (SSSR count). The molecule has 1 amide bonds. The van der Waals surface area contributed by atoms with Crippen molar-refractivity contribution in [2.24, 2.45) is 5.73 Å². The van der Waals surface area contributed by atoms with E-state index in [-0.39, 0.29) is 12.3 Å². The Kier molecular flexibility index (Phi) is 4.04. The van der Waals surface area contributed by atoms with Crippen molar-refractivity contribution < 1.29 is 27.5 Å². The Morgan fingerprint density at radius 2 is 2.08 bits per heavy atom. The van der Waals surface area contributed by atoms with Gasteiger partial charge in [0.2, 0.25) is 0 Å². The molecule has 1 aromatic carbocycles. The predicted octanol–water partition coefficient (Wildman–Crippen LogP) is 2.60. The summed E-state index contributed by atoms with van der Waals surface area (Å²) in [6.45, 7) is -0.167. The molecule has 1 aliphatic rings. The lowest BCUT2D eigenvalue weighted by atomic mass is 9.98. The van der Waals surface area contributed by atoms with Crippen LogP contribution in [0.25, 0.3) is 17.0 Å². The van der Waals surface area contributed by atoms with Gasteiger partial charge in [-0.1, -0.05) is 0 Å². The maximum atomic E-state index is 12.7. The van der Waals surface area contributed by atoms with Gasteiger partial charge in [-0.2, -0.15) is 0 Å². The fraction of sp³-hybridized carbons (Fsp3) is 0.312. The normalized spacial score (nSPS) is 13.5. The molecule has 1 aliphatic heterocycles. The molecule has 128 valence electrons. The van der Waals surface area contributed by atoms with Crippen molar-refractivity contribution >= 4 is 23.0 Å². The highest BCUT2D eigenvalue weighted by atomic mass is 19.3. The molecule has 6 nitrogen and oxygen atoms in total. The summed E-state index contributed by atoms with van der Waals surface area (Å²) in [5.41, 5.74) is 6.95. The lowest BCUT2D eigenvalue weighted by Crippen LogP contribution is -2.26. The van der Waals surface area contributed by atoms with Gasteiger partial charge in [0.15, 0.2) is 17.1 Å². The van der Waals surface area contributed by atoms with E-state index in [0.717, 1.165) is 0 Å². The third-order valence-electron chi connectivity index (χ3n) is 3.86. The number of primary amides is 1. The van der Waals surface area contributed by atoms with Crippen LogP contribution in [0.2, 0.25) is 0 Å². The molecule has 0 saturated carbocycles. The van der Waals surface area contributed by atoms with Crippen molar-refractivity contribution in [1.82, 2.24) is 4.90 Å². The number of alkyl halides is 2. The lowest BCUT2D eigenvalue weighted by Gasteiger charge is -2.27. The molecule has 0 radical (unpaired) electrons. The van der Waals surface area contributed by atoms with Gasteiger partial charge in [0.1, 0.15) is 5.75 Å². The van der Waals surface area contributed by atoms with Crippen LogP contribution in [0.4, 0.5) is 8.78 Å². The van der Waals surface area contributed by atoms with E-state index in [1.54, 1.807) is 12.3 Å². The summed E-state index contributed by atoms with van der Waals surface area (Å²) in [5.74, 6) is 0.0995. The van der Waals surface area contributed by atoms with Gasteiger partial charge in [-0.05, 0) is 6.08 Å². The summed E-state index contributed by atoms with van der Waals surface area (Å²) >= 11 is 0. The van der Waals surface area contributed by atoms with E-state index in [1.807, 2.05) is 0 Å². The molecular formula is C16H16F2N2O4. The number of furan rings is 1. The number of carbonyl (C=O) groups is 1. The minimum atomic E-state index is -2.46. The molecule has 0 bridgehead atoms. The smallest absolute Gasteiger partial charge is 0.284 e. The largest absolute Gasteiger partial charge is 0.496 e. The van der Waals surface area contributed by atoms with Crippen LogP contribution in [-0.2, 0) is 6.54 Å². The average molecular weight is 338 g/mol. The number of rotatable bonds is 5. The van der Waals surface area contributed by atoms with E-state index in [2.05, 4.69) is 0 Å². The summed E-state index contributed by atoms with van der Waals surface area (Å²) in [5, 5.41) is 0.509. The minimum absolute atomic E-state index is 0.0302. The molecule has 0 aliphatic carbocycles. The topological polar surface area (TPSA) is 77.9 Å². The molecule has 0 spiro atoms. The summed E-state index contributed by atoms with van der Waals surface area (Å²) in [7, 11) is 2.93. The van der Waals surface area contributed by atoms with Crippen LogP contribution in [0.1, 0.15) is 21.7 Å². The van der Waals surface area contributed by atoms with E-state index in [1.165, 1.54) is 25.2 Å². The third kappa shape index (κ3) is 2.53. The van der Waals surface area contributed by atoms with Crippen molar-refractivity contribution in [2.75, 3.05) is 20.8 Å². The maximum absolute atomic E-state index is 12.7. The number of nitrogens with zero attached hydrogens (tertiary/aromatic N) is 1. The van der Waals surface area contributed by atoms with Crippen LogP contribution in [0, 0.1) is 0 Å². The van der Waals surface area contributed by atoms with E-state index >= 15 is 0 Å². The molecule has 2 heterocycles. The molecule has 2 aromatic rings. The van der Waals surface area contributed by atoms with Crippen molar-refractivity contribution in [3.63, 3.8) is 0 Å². The predicted molar refractivity (Wildman–Crippen MR) is 83.3 cm³/mol. The number of halogens is 2. The molecule has 0 saturated heterocycles. The fourth-order valence-corrected chi connectivity index (χ4v) is 2.90. The zero-order valence-corrected chi connectivity index (χ0v) is 13.1. The lowest BCUT2D eigenvalue weighted by molar-refractivity contribution is 0.0975. The van der Waals surface area contributed by atoms with Crippen molar-refractivity contribution in [3.05, 3.63) is 29.2 Å². The van der Waals surface area contributed by atoms with Gasteiger partial charge in [0, 0.05) is 29.9 Å². The van der Waals surface area contributed by atoms with E-state index < -0.39 is 18.9 Å². The van der Waals surface area contributed by atoms with Gasteiger partial charge in [0.25, 0.3) is 12.3 Å². The Morgan fingerprint density at radius 3 is 2.67 bits per heavy atom. The first-order valence-electron chi connectivity index (χ1n) is 7.16. The second-order valence-electron chi connectivity index (χ2n) is 5.31. The summed E-state index contributed by atoms with van der Waals surface area (Å²) < 4.78 is 41.7. The van der Waals surface area contributed by atoms with Gasteiger partial charge in [-0.3, -0.25) is 4.79 Å². The first-order chi connectivity index (χ1) is 11.5. The van der Waals surface area contributed by atoms with Crippen LogP contribution in [0.15, 0.2) is 16.7 Å². The van der Waals surface area contributed by atoms with Gasteiger partial charge >= 0.3 is 0 Å².